The van der Waals surface area contributed by atoms with Gasteiger partial charge >= 0.3 is 0 Å². The molecule has 0 bridgehead atoms. The lowest BCUT2D eigenvalue weighted by Crippen LogP contribution is -2.53. The zero-order chi connectivity index (χ0) is 14.8. The molecule has 0 radical (unpaired) electrons. The number of aryl methyl sites for hydroxylation is 1. The van der Waals surface area contributed by atoms with Crippen LogP contribution in [0.15, 0.2) is 24.3 Å². The summed E-state index contributed by atoms with van der Waals surface area (Å²) in [5, 5.41) is 0. The van der Waals surface area contributed by atoms with E-state index in [1.807, 2.05) is 31.2 Å². The maximum absolute atomic E-state index is 12.5. The van der Waals surface area contributed by atoms with Crippen LogP contribution in [0.4, 0.5) is 0 Å². The number of hydrogen-bond donors (Lipinski definition) is 0. The van der Waals surface area contributed by atoms with Gasteiger partial charge in [0.05, 0.1) is 6.54 Å². The number of hydrogen-bond acceptors (Lipinski definition) is 3. The van der Waals surface area contributed by atoms with Gasteiger partial charge in [0.25, 0.3) is 0 Å². The molecule has 0 saturated carbocycles. The third kappa shape index (κ3) is 3.19. The minimum atomic E-state index is 0.274. The zero-order valence-electron chi connectivity index (χ0n) is 13.2. The molecule has 2 unspecified atom stereocenters. The van der Waals surface area contributed by atoms with Gasteiger partial charge < -0.3 is 4.90 Å². The molecule has 2 atom stereocenters. The Morgan fingerprint density at radius 1 is 1.24 bits per heavy atom. The van der Waals surface area contributed by atoms with Gasteiger partial charge in [0.15, 0.2) is 5.78 Å². The number of ketones is 1. The van der Waals surface area contributed by atoms with Crippen molar-refractivity contribution in [1.29, 1.82) is 0 Å². The predicted molar refractivity (Wildman–Crippen MR) is 85.7 cm³/mol. The Hall–Kier alpha value is -1.19. The fourth-order valence-corrected chi connectivity index (χ4v) is 4.05. The van der Waals surface area contributed by atoms with Crippen LogP contribution in [-0.2, 0) is 0 Å². The van der Waals surface area contributed by atoms with Crippen molar-refractivity contribution in [3.05, 3.63) is 35.4 Å². The highest BCUT2D eigenvalue weighted by atomic mass is 16.1. The van der Waals surface area contributed by atoms with Gasteiger partial charge in [0.1, 0.15) is 0 Å². The van der Waals surface area contributed by atoms with Crippen molar-refractivity contribution < 1.29 is 4.79 Å². The molecule has 0 amide bonds. The quantitative estimate of drug-likeness (QED) is 0.798. The normalized spacial score (nSPS) is 27.3. The van der Waals surface area contributed by atoms with E-state index in [2.05, 4.69) is 16.8 Å². The molecule has 2 fully saturated rings. The third-order valence-electron chi connectivity index (χ3n) is 5.24. The molecule has 0 aromatic heterocycles. The van der Waals surface area contributed by atoms with Crippen LogP contribution in [0, 0.1) is 12.8 Å². The summed E-state index contributed by atoms with van der Waals surface area (Å²) in [6.07, 6.45) is 3.84. The molecule has 3 rings (SSSR count). The van der Waals surface area contributed by atoms with Gasteiger partial charge in [-0.2, -0.15) is 0 Å². The molecule has 0 N–H and O–H groups in total. The molecule has 21 heavy (non-hydrogen) atoms. The first-order valence-electron chi connectivity index (χ1n) is 8.16. The summed E-state index contributed by atoms with van der Waals surface area (Å²) >= 11 is 0. The Labute approximate surface area is 127 Å². The van der Waals surface area contributed by atoms with Crippen molar-refractivity contribution in [3.63, 3.8) is 0 Å². The van der Waals surface area contributed by atoms with Crippen molar-refractivity contribution in [3.8, 4) is 0 Å². The number of likely N-dealkylation sites (tertiary alicyclic amines) is 2. The van der Waals surface area contributed by atoms with E-state index >= 15 is 0 Å². The van der Waals surface area contributed by atoms with Gasteiger partial charge in [-0.15, -0.1) is 0 Å². The van der Waals surface area contributed by atoms with Crippen molar-refractivity contribution in [2.24, 2.45) is 5.92 Å². The lowest BCUT2D eigenvalue weighted by molar-refractivity contribution is 0.0378. The number of Topliss-reactive ketones (excluding diaryl/α,β-unsaturated/α-hetero) is 1. The van der Waals surface area contributed by atoms with Crippen LogP contribution in [0.3, 0.4) is 0 Å². The maximum atomic E-state index is 12.5. The van der Waals surface area contributed by atoms with E-state index < -0.39 is 0 Å². The summed E-state index contributed by atoms with van der Waals surface area (Å²) in [5.74, 6) is 1.03. The molecule has 3 nitrogen and oxygen atoms in total. The van der Waals surface area contributed by atoms with Gasteiger partial charge in [-0.05, 0) is 51.3 Å². The molecule has 2 aliphatic rings. The molecule has 2 aliphatic heterocycles. The standard InChI is InChI=1S/C18H26N2O/c1-14-6-3-4-8-16(14)18(21)13-20-11-9-17-15(12-20)7-5-10-19(17)2/h3-4,6,8,15,17H,5,7,9-13H2,1-2H3. The summed E-state index contributed by atoms with van der Waals surface area (Å²) in [6.45, 7) is 5.99. The number of piperidine rings is 2. The maximum Gasteiger partial charge on any atom is 0.177 e. The average molecular weight is 286 g/mol. The summed E-state index contributed by atoms with van der Waals surface area (Å²) in [4.78, 5) is 17.4. The summed E-state index contributed by atoms with van der Waals surface area (Å²) < 4.78 is 0. The number of benzene rings is 1. The monoisotopic (exact) mass is 286 g/mol. The summed E-state index contributed by atoms with van der Waals surface area (Å²) in [5.41, 5.74) is 1.98. The highest BCUT2D eigenvalue weighted by Crippen LogP contribution is 2.29. The third-order valence-corrected chi connectivity index (χ3v) is 5.24. The van der Waals surface area contributed by atoms with E-state index in [0.29, 0.717) is 6.54 Å². The number of carbonyl (C=O) groups excluding carboxylic acids is 1. The van der Waals surface area contributed by atoms with E-state index in [1.165, 1.54) is 25.8 Å². The Balaban J connectivity index is 1.62. The SMILES string of the molecule is Cc1ccccc1C(=O)CN1CCC2C(CCCN2C)C1. The van der Waals surface area contributed by atoms with E-state index in [0.717, 1.165) is 36.2 Å². The van der Waals surface area contributed by atoms with Gasteiger partial charge in [0.2, 0.25) is 0 Å². The second-order valence-corrected chi connectivity index (χ2v) is 6.71. The van der Waals surface area contributed by atoms with Crippen LogP contribution >= 0.6 is 0 Å². The Morgan fingerprint density at radius 2 is 2.05 bits per heavy atom. The molecule has 0 spiro atoms. The molecule has 2 saturated heterocycles. The largest absolute Gasteiger partial charge is 0.303 e. The fraction of sp³-hybridized carbons (Fsp3) is 0.611. The fourth-order valence-electron chi connectivity index (χ4n) is 4.05. The first-order valence-corrected chi connectivity index (χ1v) is 8.16. The molecular weight excluding hydrogens is 260 g/mol. The second kappa shape index (κ2) is 6.29. The lowest BCUT2D eigenvalue weighted by atomic mass is 9.84. The van der Waals surface area contributed by atoms with Crippen molar-refractivity contribution in [1.82, 2.24) is 9.80 Å². The highest BCUT2D eigenvalue weighted by Gasteiger charge is 2.34. The zero-order valence-corrected chi connectivity index (χ0v) is 13.2. The molecule has 114 valence electrons. The van der Waals surface area contributed by atoms with E-state index in [9.17, 15) is 4.79 Å². The van der Waals surface area contributed by atoms with Crippen LogP contribution in [-0.4, -0.2) is 54.9 Å². The average Bonchev–Trinajstić information content (AvgIpc) is 2.48. The molecule has 1 aromatic carbocycles. The van der Waals surface area contributed by atoms with Crippen molar-refractivity contribution >= 4 is 5.78 Å². The topological polar surface area (TPSA) is 23.6 Å². The van der Waals surface area contributed by atoms with Gasteiger partial charge in [-0.1, -0.05) is 24.3 Å². The van der Waals surface area contributed by atoms with Crippen molar-refractivity contribution in [2.45, 2.75) is 32.2 Å². The van der Waals surface area contributed by atoms with E-state index in [1.54, 1.807) is 0 Å². The number of rotatable bonds is 3. The van der Waals surface area contributed by atoms with Crippen LogP contribution in [0.5, 0.6) is 0 Å². The number of fused-ring (bicyclic) bond motifs is 1. The summed E-state index contributed by atoms with van der Waals surface area (Å²) in [7, 11) is 2.25. The van der Waals surface area contributed by atoms with Gasteiger partial charge in [0, 0.05) is 24.7 Å². The molecule has 2 heterocycles. The van der Waals surface area contributed by atoms with Crippen molar-refractivity contribution in [2.75, 3.05) is 33.2 Å². The molecular formula is C18H26N2O. The summed E-state index contributed by atoms with van der Waals surface area (Å²) in [6, 6.07) is 8.68. The highest BCUT2D eigenvalue weighted by molar-refractivity contribution is 5.98. The van der Waals surface area contributed by atoms with E-state index in [4.69, 9.17) is 0 Å². The van der Waals surface area contributed by atoms with Crippen LogP contribution in [0.2, 0.25) is 0 Å². The lowest BCUT2D eigenvalue weighted by Gasteiger charge is -2.45. The first kappa shape index (κ1) is 14.7. The minimum absolute atomic E-state index is 0.274. The second-order valence-electron chi connectivity index (χ2n) is 6.71. The molecule has 1 aromatic rings. The smallest absolute Gasteiger partial charge is 0.177 e. The molecule has 3 heteroatoms. The molecule has 0 aliphatic carbocycles. The Kier molecular flexibility index (Phi) is 4.41. The predicted octanol–water partition coefficient (Wildman–Crippen LogP) is 2.59. The van der Waals surface area contributed by atoms with Crippen LogP contribution in [0.1, 0.15) is 35.2 Å². The van der Waals surface area contributed by atoms with Gasteiger partial charge in [-0.25, -0.2) is 0 Å². The number of carbonyl (C=O) groups is 1. The van der Waals surface area contributed by atoms with Gasteiger partial charge in [-0.3, -0.25) is 9.69 Å². The Bertz CT molecular complexity index is 514. The van der Waals surface area contributed by atoms with Crippen LogP contribution in [0.25, 0.3) is 0 Å². The van der Waals surface area contributed by atoms with Crippen LogP contribution < -0.4 is 0 Å². The van der Waals surface area contributed by atoms with E-state index in [-0.39, 0.29) is 5.78 Å². The number of nitrogens with zero attached hydrogens (tertiary/aromatic N) is 2. The first-order chi connectivity index (χ1) is 10.1. The Morgan fingerprint density at radius 3 is 2.86 bits per heavy atom. The minimum Gasteiger partial charge on any atom is -0.303 e.